The fourth-order valence-electron chi connectivity index (χ4n) is 4.04. The number of carbonyl (C=O) groups excluding carboxylic acids is 1. The standard InChI is InChI=1S/C27H29FN2O2/c1-20-9-11-22(12-10-20)18-30-24(19-32-26-16-23(28)13-14-25(26)30)17-27(31)29-15-5-8-21-6-3-2-4-7-21/h2-4,6-7,9-14,16,24H,5,8,15,17-19H2,1H3,(H,29,31)/t24-/m0/s1. The summed E-state index contributed by atoms with van der Waals surface area (Å²) in [5.74, 6) is 0.205. The quantitative estimate of drug-likeness (QED) is 0.507. The van der Waals surface area contributed by atoms with E-state index < -0.39 is 0 Å². The van der Waals surface area contributed by atoms with Crippen molar-refractivity contribution in [1.29, 1.82) is 0 Å². The minimum Gasteiger partial charge on any atom is -0.489 e. The van der Waals surface area contributed by atoms with Crippen LogP contribution in [0.3, 0.4) is 0 Å². The van der Waals surface area contributed by atoms with Crippen molar-refractivity contribution in [3.63, 3.8) is 0 Å². The van der Waals surface area contributed by atoms with Gasteiger partial charge in [-0.25, -0.2) is 4.39 Å². The van der Waals surface area contributed by atoms with E-state index in [0.717, 1.165) is 24.1 Å². The molecule has 1 amide bonds. The van der Waals surface area contributed by atoms with Crippen molar-refractivity contribution in [3.8, 4) is 5.75 Å². The second-order valence-corrected chi connectivity index (χ2v) is 8.33. The number of benzene rings is 3. The number of nitrogens with zero attached hydrogens (tertiary/aromatic N) is 1. The molecule has 4 nitrogen and oxygen atoms in total. The molecule has 4 rings (SSSR count). The number of fused-ring (bicyclic) bond motifs is 1. The van der Waals surface area contributed by atoms with E-state index in [1.54, 1.807) is 6.07 Å². The number of hydrogen-bond donors (Lipinski definition) is 1. The number of ether oxygens (including phenoxy) is 1. The molecule has 1 aliphatic heterocycles. The van der Waals surface area contributed by atoms with Crippen LogP contribution in [0.2, 0.25) is 0 Å². The van der Waals surface area contributed by atoms with Gasteiger partial charge in [-0.2, -0.15) is 0 Å². The molecule has 0 aliphatic carbocycles. The average Bonchev–Trinajstić information content (AvgIpc) is 2.80. The second-order valence-electron chi connectivity index (χ2n) is 8.33. The van der Waals surface area contributed by atoms with Gasteiger partial charge in [-0.1, -0.05) is 60.2 Å². The van der Waals surface area contributed by atoms with Gasteiger partial charge in [0.1, 0.15) is 18.2 Å². The zero-order valence-corrected chi connectivity index (χ0v) is 18.4. The summed E-state index contributed by atoms with van der Waals surface area (Å²) >= 11 is 0. The number of nitrogens with one attached hydrogen (secondary N) is 1. The van der Waals surface area contributed by atoms with Gasteiger partial charge in [0.05, 0.1) is 18.2 Å². The van der Waals surface area contributed by atoms with Crippen LogP contribution in [0.5, 0.6) is 5.75 Å². The Morgan fingerprint density at radius 1 is 1.06 bits per heavy atom. The predicted octanol–water partition coefficient (Wildman–Crippen LogP) is 5.04. The Balaban J connectivity index is 1.39. The minimum absolute atomic E-state index is 0.00568. The Kier molecular flexibility index (Phi) is 7.05. The fourth-order valence-corrected chi connectivity index (χ4v) is 4.04. The van der Waals surface area contributed by atoms with Gasteiger partial charge < -0.3 is 15.0 Å². The number of hydrogen-bond acceptors (Lipinski definition) is 3. The highest BCUT2D eigenvalue weighted by atomic mass is 19.1. The minimum atomic E-state index is -0.325. The molecule has 0 saturated carbocycles. The van der Waals surface area contributed by atoms with Gasteiger partial charge in [0.15, 0.2) is 0 Å². The molecule has 1 heterocycles. The van der Waals surface area contributed by atoms with Crippen LogP contribution in [0.1, 0.15) is 29.5 Å². The van der Waals surface area contributed by atoms with Gasteiger partial charge in [0.25, 0.3) is 0 Å². The molecule has 32 heavy (non-hydrogen) atoms. The van der Waals surface area contributed by atoms with Gasteiger partial charge in [-0.3, -0.25) is 4.79 Å². The van der Waals surface area contributed by atoms with Crippen molar-refractivity contribution in [2.24, 2.45) is 0 Å². The molecule has 0 spiro atoms. The van der Waals surface area contributed by atoms with Crippen molar-refractivity contribution < 1.29 is 13.9 Å². The van der Waals surface area contributed by atoms with Crippen molar-refractivity contribution >= 4 is 11.6 Å². The highest BCUT2D eigenvalue weighted by Gasteiger charge is 2.29. The van der Waals surface area contributed by atoms with Crippen molar-refractivity contribution in [3.05, 3.63) is 95.3 Å². The summed E-state index contributed by atoms with van der Waals surface area (Å²) in [4.78, 5) is 14.8. The molecular formula is C27H29FN2O2. The van der Waals surface area contributed by atoms with Gasteiger partial charge in [-0.05, 0) is 43.0 Å². The van der Waals surface area contributed by atoms with E-state index in [2.05, 4.69) is 53.5 Å². The van der Waals surface area contributed by atoms with E-state index in [-0.39, 0.29) is 17.8 Å². The van der Waals surface area contributed by atoms with Crippen LogP contribution in [0.4, 0.5) is 10.1 Å². The highest BCUT2D eigenvalue weighted by molar-refractivity contribution is 5.77. The van der Waals surface area contributed by atoms with Crippen LogP contribution in [0.25, 0.3) is 0 Å². The lowest BCUT2D eigenvalue weighted by atomic mass is 10.1. The molecule has 1 aliphatic rings. The Bertz CT molecular complexity index is 1040. The van der Waals surface area contributed by atoms with Gasteiger partial charge >= 0.3 is 0 Å². The van der Waals surface area contributed by atoms with E-state index >= 15 is 0 Å². The molecule has 0 aromatic heterocycles. The number of carbonyl (C=O) groups is 1. The van der Waals surface area contributed by atoms with Crippen molar-refractivity contribution in [2.45, 2.75) is 38.8 Å². The monoisotopic (exact) mass is 432 g/mol. The number of rotatable bonds is 8. The number of amides is 1. The van der Waals surface area contributed by atoms with Crippen LogP contribution in [0, 0.1) is 12.7 Å². The normalized spacial score (nSPS) is 15.1. The molecule has 0 bridgehead atoms. The first-order chi connectivity index (χ1) is 15.6. The first-order valence-corrected chi connectivity index (χ1v) is 11.1. The molecular weight excluding hydrogens is 403 g/mol. The van der Waals surface area contributed by atoms with Crippen molar-refractivity contribution in [2.75, 3.05) is 18.1 Å². The summed E-state index contributed by atoms with van der Waals surface area (Å²) in [6, 6.07) is 23.1. The first kappa shape index (κ1) is 21.9. The Morgan fingerprint density at radius 2 is 1.84 bits per heavy atom. The van der Waals surface area contributed by atoms with Gasteiger partial charge in [0, 0.05) is 19.2 Å². The maximum Gasteiger partial charge on any atom is 0.222 e. The Morgan fingerprint density at radius 3 is 2.62 bits per heavy atom. The van der Waals surface area contributed by atoms with Crippen LogP contribution in [-0.2, 0) is 17.8 Å². The first-order valence-electron chi connectivity index (χ1n) is 11.1. The molecule has 1 atom stereocenters. The summed E-state index contributed by atoms with van der Waals surface area (Å²) in [7, 11) is 0. The van der Waals surface area contributed by atoms with Gasteiger partial charge in [-0.15, -0.1) is 0 Å². The molecule has 3 aromatic rings. The van der Waals surface area contributed by atoms with Crippen LogP contribution in [-0.4, -0.2) is 25.1 Å². The third-order valence-electron chi connectivity index (χ3n) is 5.81. The predicted molar refractivity (Wildman–Crippen MR) is 125 cm³/mol. The maximum absolute atomic E-state index is 13.7. The van der Waals surface area contributed by atoms with Crippen LogP contribution < -0.4 is 15.0 Å². The molecule has 3 aromatic carbocycles. The zero-order chi connectivity index (χ0) is 22.3. The Hall–Kier alpha value is -3.34. The lowest BCUT2D eigenvalue weighted by molar-refractivity contribution is -0.121. The average molecular weight is 433 g/mol. The molecule has 0 radical (unpaired) electrons. The molecule has 1 N–H and O–H groups in total. The van der Waals surface area contributed by atoms with E-state index in [1.807, 2.05) is 18.2 Å². The smallest absolute Gasteiger partial charge is 0.222 e. The maximum atomic E-state index is 13.7. The fraction of sp³-hybridized carbons (Fsp3) is 0.296. The summed E-state index contributed by atoms with van der Waals surface area (Å²) in [6.07, 6.45) is 2.16. The number of anilines is 1. The summed E-state index contributed by atoms with van der Waals surface area (Å²) in [5.41, 5.74) is 4.43. The molecule has 0 saturated heterocycles. The third-order valence-corrected chi connectivity index (χ3v) is 5.81. The van der Waals surface area contributed by atoms with E-state index in [9.17, 15) is 9.18 Å². The Labute approximate surface area is 189 Å². The molecule has 0 fully saturated rings. The van der Waals surface area contributed by atoms with E-state index in [1.165, 1.54) is 23.3 Å². The number of halogens is 1. The zero-order valence-electron chi connectivity index (χ0n) is 18.4. The highest BCUT2D eigenvalue weighted by Crippen LogP contribution is 2.36. The van der Waals surface area contributed by atoms with E-state index in [0.29, 0.717) is 31.9 Å². The molecule has 0 unspecified atom stereocenters. The van der Waals surface area contributed by atoms with Crippen LogP contribution >= 0.6 is 0 Å². The third kappa shape index (κ3) is 5.67. The molecule has 5 heteroatoms. The lowest BCUT2D eigenvalue weighted by Crippen LogP contribution is -2.45. The van der Waals surface area contributed by atoms with E-state index in [4.69, 9.17) is 4.74 Å². The van der Waals surface area contributed by atoms with Crippen LogP contribution in [0.15, 0.2) is 72.8 Å². The summed E-state index contributed by atoms with van der Waals surface area (Å²) in [5, 5.41) is 3.04. The van der Waals surface area contributed by atoms with Crippen molar-refractivity contribution in [1.82, 2.24) is 5.32 Å². The summed E-state index contributed by atoms with van der Waals surface area (Å²) < 4.78 is 19.6. The van der Waals surface area contributed by atoms with Gasteiger partial charge in [0.2, 0.25) is 5.91 Å². The largest absolute Gasteiger partial charge is 0.489 e. The SMILES string of the molecule is Cc1ccc(CN2c3ccc(F)cc3OC[C@@H]2CC(=O)NCCCc2ccccc2)cc1. The molecule has 166 valence electrons. The number of aryl methyl sites for hydroxylation is 2. The lowest BCUT2D eigenvalue weighted by Gasteiger charge is -2.38. The summed E-state index contributed by atoms with van der Waals surface area (Å²) in [6.45, 7) is 3.68. The topological polar surface area (TPSA) is 41.6 Å². The second kappa shape index (κ2) is 10.3.